The molecule has 4 nitrogen and oxygen atoms in total. The van der Waals surface area contributed by atoms with E-state index in [0.29, 0.717) is 12.2 Å². The maximum absolute atomic E-state index is 9.21. The number of pyridine rings is 1. The molecule has 0 aliphatic heterocycles. The summed E-state index contributed by atoms with van der Waals surface area (Å²) in [5.74, 6) is 0.735. The van der Waals surface area contributed by atoms with Crippen LogP contribution in [0.1, 0.15) is 18.9 Å². The van der Waals surface area contributed by atoms with E-state index >= 15 is 0 Å². The Morgan fingerprint density at radius 3 is 2.95 bits per heavy atom. The lowest BCUT2D eigenvalue weighted by Gasteiger charge is -2.14. The zero-order valence-corrected chi connectivity index (χ0v) is 11.2. The van der Waals surface area contributed by atoms with E-state index < -0.39 is 0 Å². The van der Waals surface area contributed by atoms with Gasteiger partial charge in [-0.3, -0.25) is 0 Å². The van der Waals surface area contributed by atoms with Crippen molar-refractivity contribution < 1.29 is 4.74 Å². The van der Waals surface area contributed by atoms with Crippen LogP contribution in [0.4, 0.5) is 5.82 Å². The number of rotatable bonds is 5. The molecule has 1 aromatic heterocycles. The van der Waals surface area contributed by atoms with Gasteiger partial charge in [-0.05, 0) is 25.5 Å². The Hall–Kier alpha value is -2.12. The molecule has 4 heteroatoms. The number of fused-ring (bicyclic) bond motifs is 1. The number of para-hydroxylation sites is 1. The summed E-state index contributed by atoms with van der Waals surface area (Å²) >= 11 is 0. The molecule has 0 bridgehead atoms. The van der Waals surface area contributed by atoms with Gasteiger partial charge in [-0.25, -0.2) is 4.98 Å². The maximum Gasteiger partial charge on any atom is 0.128 e. The molecule has 1 atom stereocenters. The van der Waals surface area contributed by atoms with Crippen LogP contribution in [0.25, 0.3) is 10.9 Å². The zero-order valence-electron chi connectivity index (χ0n) is 11.2. The highest BCUT2D eigenvalue weighted by Gasteiger charge is 2.07. The van der Waals surface area contributed by atoms with Gasteiger partial charge >= 0.3 is 0 Å². The molecule has 98 valence electrons. The average Bonchev–Trinajstić information content (AvgIpc) is 2.44. The van der Waals surface area contributed by atoms with Gasteiger partial charge in [-0.15, -0.1) is 0 Å². The van der Waals surface area contributed by atoms with Crippen LogP contribution in [0.3, 0.4) is 0 Å². The quantitative estimate of drug-likeness (QED) is 0.892. The fourth-order valence-corrected chi connectivity index (χ4v) is 1.96. The maximum atomic E-state index is 9.21. The molecule has 2 aromatic rings. The minimum atomic E-state index is 0.250. The Balaban J connectivity index is 2.27. The van der Waals surface area contributed by atoms with Crippen molar-refractivity contribution in [3.05, 3.63) is 35.9 Å². The topological polar surface area (TPSA) is 57.9 Å². The highest BCUT2D eigenvalue weighted by Crippen LogP contribution is 2.20. The zero-order chi connectivity index (χ0) is 13.7. The first-order chi connectivity index (χ1) is 9.24. The molecule has 0 amide bonds. The van der Waals surface area contributed by atoms with Gasteiger partial charge in [0.25, 0.3) is 0 Å². The molecule has 1 N–H and O–H groups in total. The van der Waals surface area contributed by atoms with Crippen LogP contribution in [-0.4, -0.2) is 24.7 Å². The van der Waals surface area contributed by atoms with Crippen LogP contribution < -0.4 is 5.32 Å². The van der Waals surface area contributed by atoms with E-state index in [1.807, 2.05) is 24.3 Å². The standard InChI is InChI=1S/C15H17N3O/c1-11(7-8-19-2)17-15-9-12(10-16)13-5-3-4-6-14(13)18-15/h3-6,9,11H,7-8H2,1-2H3,(H,17,18). The monoisotopic (exact) mass is 255 g/mol. The van der Waals surface area contributed by atoms with E-state index in [4.69, 9.17) is 4.74 Å². The van der Waals surface area contributed by atoms with E-state index in [1.54, 1.807) is 13.2 Å². The van der Waals surface area contributed by atoms with Crippen molar-refractivity contribution in [2.45, 2.75) is 19.4 Å². The van der Waals surface area contributed by atoms with Crippen molar-refractivity contribution in [1.82, 2.24) is 4.98 Å². The fraction of sp³-hybridized carbons (Fsp3) is 0.333. The first-order valence-electron chi connectivity index (χ1n) is 6.30. The van der Waals surface area contributed by atoms with Gasteiger partial charge in [0.05, 0.1) is 17.1 Å². The molecule has 1 unspecified atom stereocenters. The van der Waals surface area contributed by atoms with Crippen molar-refractivity contribution in [3.8, 4) is 6.07 Å². The number of nitriles is 1. The summed E-state index contributed by atoms with van der Waals surface area (Å²) in [6.45, 7) is 2.77. The van der Waals surface area contributed by atoms with Gasteiger partial charge in [-0.1, -0.05) is 18.2 Å². The number of hydrogen-bond acceptors (Lipinski definition) is 4. The van der Waals surface area contributed by atoms with E-state index in [9.17, 15) is 5.26 Å². The van der Waals surface area contributed by atoms with Crippen LogP contribution in [0.15, 0.2) is 30.3 Å². The lowest BCUT2D eigenvalue weighted by atomic mass is 10.1. The number of nitrogens with one attached hydrogen (secondary N) is 1. The molecular formula is C15H17N3O. The van der Waals surface area contributed by atoms with Crippen LogP contribution in [0.2, 0.25) is 0 Å². The van der Waals surface area contributed by atoms with Crippen molar-refractivity contribution in [2.75, 3.05) is 19.0 Å². The predicted octanol–water partition coefficient (Wildman–Crippen LogP) is 2.94. The van der Waals surface area contributed by atoms with Crippen molar-refractivity contribution in [1.29, 1.82) is 5.26 Å². The van der Waals surface area contributed by atoms with E-state index in [2.05, 4.69) is 23.3 Å². The van der Waals surface area contributed by atoms with Gasteiger partial charge in [0.1, 0.15) is 5.82 Å². The van der Waals surface area contributed by atoms with Crippen LogP contribution >= 0.6 is 0 Å². The Labute approximate surface area is 113 Å². The molecule has 1 aromatic carbocycles. The molecule has 0 aliphatic rings. The van der Waals surface area contributed by atoms with Gasteiger partial charge in [0.15, 0.2) is 0 Å². The molecule has 0 saturated carbocycles. The number of ether oxygens (including phenoxy) is 1. The summed E-state index contributed by atoms with van der Waals surface area (Å²) in [5, 5.41) is 13.4. The fourth-order valence-electron chi connectivity index (χ4n) is 1.96. The van der Waals surface area contributed by atoms with Crippen molar-refractivity contribution in [3.63, 3.8) is 0 Å². The molecule has 0 aliphatic carbocycles. The number of aromatic nitrogens is 1. The summed E-state index contributed by atoms with van der Waals surface area (Å²) in [5.41, 5.74) is 1.48. The third-order valence-corrected chi connectivity index (χ3v) is 2.99. The summed E-state index contributed by atoms with van der Waals surface area (Å²) in [6.07, 6.45) is 0.896. The number of nitrogens with zero attached hydrogens (tertiary/aromatic N) is 2. The van der Waals surface area contributed by atoms with Gasteiger partial charge in [0.2, 0.25) is 0 Å². The first kappa shape index (κ1) is 13.3. The second-order valence-electron chi connectivity index (χ2n) is 4.51. The van der Waals surface area contributed by atoms with E-state index in [1.165, 1.54) is 0 Å². The van der Waals surface area contributed by atoms with Crippen LogP contribution in [0, 0.1) is 11.3 Å². The Kier molecular flexibility index (Phi) is 4.32. The Bertz CT molecular complexity index is 604. The third-order valence-electron chi connectivity index (χ3n) is 2.99. The highest BCUT2D eigenvalue weighted by atomic mass is 16.5. The summed E-state index contributed by atoms with van der Waals surface area (Å²) < 4.78 is 5.05. The normalized spacial score (nSPS) is 12.1. The van der Waals surface area contributed by atoms with Crippen LogP contribution in [0.5, 0.6) is 0 Å². The molecule has 0 saturated heterocycles. The largest absolute Gasteiger partial charge is 0.385 e. The smallest absolute Gasteiger partial charge is 0.128 e. The molecular weight excluding hydrogens is 238 g/mol. The minimum Gasteiger partial charge on any atom is -0.385 e. The SMILES string of the molecule is COCCC(C)Nc1cc(C#N)c2ccccc2n1. The predicted molar refractivity (Wildman–Crippen MR) is 76.0 cm³/mol. The molecule has 1 heterocycles. The Morgan fingerprint density at radius 2 is 2.21 bits per heavy atom. The average molecular weight is 255 g/mol. The third kappa shape index (κ3) is 3.21. The van der Waals surface area contributed by atoms with Gasteiger partial charge in [0, 0.05) is 25.1 Å². The van der Waals surface area contributed by atoms with Crippen molar-refractivity contribution in [2.24, 2.45) is 0 Å². The highest BCUT2D eigenvalue weighted by molar-refractivity contribution is 5.86. The molecule has 0 radical (unpaired) electrons. The second-order valence-corrected chi connectivity index (χ2v) is 4.51. The molecule has 2 rings (SSSR count). The number of methoxy groups -OCH3 is 1. The summed E-state index contributed by atoms with van der Waals surface area (Å²) in [7, 11) is 1.69. The van der Waals surface area contributed by atoms with E-state index in [-0.39, 0.29) is 6.04 Å². The summed E-state index contributed by atoms with van der Waals surface area (Å²) in [6, 6.07) is 11.9. The van der Waals surface area contributed by atoms with Crippen molar-refractivity contribution >= 4 is 16.7 Å². The van der Waals surface area contributed by atoms with Crippen LogP contribution in [-0.2, 0) is 4.74 Å². The number of benzene rings is 1. The van der Waals surface area contributed by atoms with E-state index in [0.717, 1.165) is 23.1 Å². The minimum absolute atomic E-state index is 0.250. The lowest BCUT2D eigenvalue weighted by Crippen LogP contribution is -2.18. The number of anilines is 1. The number of hydrogen-bond donors (Lipinski definition) is 1. The lowest BCUT2D eigenvalue weighted by molar-refractivity contribution is 0.191. The molecule has 19 heavy (non-hydrogen) atoms. The van der Waals surface area contributed by atoms with Gasteiger partial charge < -0.3 is 10.1 Å². The second kappa shape index (κ2) is 6.17. The first-order valence-corrected chi connectivity index (χ1v) is 6.30. The van der Waals surface area contributed by atoms with Gasteiger partial charge in [-0.2, -0.15) is 5.26 Å². The molecule has 0 spiro atoms. The Morgan fingerprint density at radius 1 is 1.42 bits per heavy atom. The summed E-state index contributed by atoms with van der Waals surface area (Å²) in [4.78, 5) is 4.53. The molecule has 0 fully saturated rings.